The number of aliphatic hydroxyl groups is 1. The van der Waals surface area contributed by atoms with Crippen molar-refractivity contribution < 1.29 is 24.3 Å². The Bertz CT molecular complexity index is 965. The molecular weight excluding hydrogens is 400 g/mol. The van der Waals surface area contributed by atoms with Gasteiger partial charge in [-0.2, -0.15) is 0 Å². The molecule has 2 bridgehead atoms. The first-order chi connectivity index (χ1) is 14.8. The van der Waals surface area contributed by atoms with Crippen molar-refractivity contribution in [2.24, 2.45) is 0 Å². The number of imide groups is 2. The molecule has 4 atom stereocenters. The number of rotatable bonds is 5. The van der Waals surface area contributed by atoms with Crippen molar-refractivity contribution in [2.75, 3.05) is 6.54 Å². The summed E-state index contributed by atoms with van der Waals surface area (Å²) in [5.41, 5.74) is 0.632. The van der Waals surface area contributed by atoms with Crippen molar-refractivity contribution in [1.82, 2.24) is 20.9 Å². The van der Waals surface area contributed by atoms with Crippen LogP contribution in [0.1, 0.15) is 64.8 Å². The molecule has 31 heavy (non-hydrogen) atoms. The second kappa shape index (κ2) is 7.51. The predicted molar refractivity (Wildman–Crippen MR) is 109 cm³/mol. The van der Waals surface area contributed by atoms with Crippen molar-refractivity contribution >= 4 is 23.6 Å². The van der Waals surface area contributed by atoms with Crippen LogP contribution in [0.15, 0.2) is 18.2 Å². The molecule has 9 heteroatoms. The molecule has 4 heterocycles. The van der Waals surface area contributed by atoms with Crippen LogP contribution in [0.25, 0.3) is 0 Å². The van der Waals surface area contributed by atoms with E-state index in [9.17, 15) is 24.3 Å². The Kier molecular flexibility index (Phi) is 4.91. The van der Waals surface area contributed by atoms with Crippen LogP contribution in [-0.2, 0) is 16.1 Å². The Labute approximate surface area is 179 Å². The van der Waals surface area contributed by atoms with Crippen LogP contribution in [0.3, 0.4) is 0 Å². The van der Waals surface area contributed by atoms with E-state index in [1.165, 1.54) is 0 Å². The van der Waals surface area contributed by atoms with E-state index >= 15 is 0 Å². The van der Waals surface area contributed by atoms with Gasteiger partial charge in [0.25, 0.3) is 11.8 Å². The summed E-state index contributed by atoms with van der Waals surface area (Å²) in [7, 11) is 0. The van der Waals surface area contributed by atoms with Gasteiger partial charge in [-0.15, -0.1) is 0 Å². The zero-order valence-corrected chi connectivity index (χ0v) is 17.1. The SMILES string of the molecule is O=C1CCC(N2C(=O)c3ccc(CNCC4(O)C[C@H]5CC[C@@H](C4)N5)cc3C2=O)C(=O)N1. The van der Waals surface area contributed by atoms with Crippen molar-refractivity contribution in [2.45, 2.75) is 68.8 Å². The van der Waals surface area contributed by atoms with Crippen molar-refractivity contribution in [3.63, 3.8) is 0 Å². The number of nitrogens with zero attached hydrogens (tertiary/aromatic N) is 1. The highest BCUT2D eigenvalue weighted by atomic mass is 16.3. The van der Waals surface area contributed by atoms with Gasteiger partial charge in [0.15, 0.2) is 0 Å². The zero-order chi connectivity index (χ0) is 21.8. The van der Waals surface area contributed by atoms with Crippen LogP contribution in [0, 0.1) is 0 Å². The zero-order valence-electron chi connectivity index (χ0n) is 17.1. The molecule has 4 amide bonds. The Balaban J connectivity index is 1.25. The second-order valence-electron chi connectivity index (χ2n) is 9.20. The minimum atomic E-state index is -0.962. The standard InChI is InChI=1S/C22H26N4O5/c27-18-6-5-17(19(28)25-18)26-20(29)15-4-1-12(7-16(15)21(26)30)10-23-11-22(31)8-13-2-3-14(9-22)24-13/h1,4,7,13-14,17,23-24,31H,2-3,5-6,8-11H2,(H,25,27,28)/t13-,14+,17?,22?. The normalized spacial score (nSPS) is 32.4. The maximum atomic E-state index is 12.9. The fraction of sp³-hybridized carbons (Fsp3) is 0.545. The number of carbonyl (C=O) groups is 4. The molecule has 1 aromatic carbocycles. The van der Waals surface area contributed by atoms with Crippen molar-refractivity contribution in [3.05, 3.63) is 34.9 Å². The van der Waals surface area contributed by atoms with E-state index in [0.717, 1.165) is 36.1 Å². The molecule has 4 N–H and O–H groups in total. The summed E-state index contributed by atoms with van der Waals surface area (Å²) in [4.78, 5) is 50.2. The van der Waals surface area contributed by atoms with E-state index in [2.05, 4.69) is 16.0 Å². The number of amides is 4. The van der Waals surface area contributed by atoms with Gasteiger partial charge in [0.05, 0.1) is 16.7 Å². The molecule has 3 fully saturated rings. The topological polar surface area (TPSA) is 128 Å². The van der Waals surface area contributed by atoms with Gasteiger partial charge in [0, 0.05) is 31.6 Å². The first-order valence-corrected chi connectivity index (χ1v) is 10.9. The van der Waals surface area contributed by atoms with Gasteiger partial charge < -0.3 is 15.7 Å². The number of hydrogen-bond acceptors (Lipinski definition) is 7. The van der Waals surface area contributed by atoms with Crippen LogP contribution in [0.2, 0.25) is 0 Å². The Morgan fingerprint density at radius 2 is 1.74 bits per heavy atom. The molecule has 5 rings (SSSR count). The lowest BCUT2D eigenvalue weighted by molar-refractivity contribution is -0.136. The number of nitrogens with one attached hydrogen (secondary N) is 3. The summed E-state index contributed by atoms with van der Waals surface area (Å²) in [6.07, 6.45) is 3.91. The van der Waals surface area contributed by atoms with E-state index in [1.807, 2.05) is 0 Å². The first-order valence-electron chi connectivity index (χ1n) is 10.9. The Morgan fingerprint density at radius 3 is 2.45 bits per heavy atom. The van der Waals surface area contributed by atoms with E-state index in [4.69, 9.17) is 0 Å². The lowest BCUT2D eigenvalue weighted by Crippen LogP contribution is -2.54. The molecule has 164 valence electrons. The fourth-order valence-electron chi connectivity index (χ4n) is 5.44. The molecule has 9 nitrogen and oxygen atoms in total. The maximum Gasteiger partial charge on any atom is 0.262 e. The van der Waals surface area contributed by atoms with E-state index < -0.39 is 35.3 Å². The largest absolute Gasteiger partial charge is 0.388 e. The van der Waals surface area contributed by atoms with Gasteiger partial charge in [-0.3, -0.25) is 29.4 Å². The molecule has 3 saturated heterocycles. The van der Waals surface area contributed by atoms with Crippen LogP contribution in [0.5, 0.6) is 0 Å². The van der Waals surface area contributed by atoms with Crippen molar-refractivity contribution in [3.8, 4) is 0 Å². The third kappa shape index (κ3) is 3.66. The van der Waals surface area contributed by atoms with Gasteiger partial charge >= 0.3 is 0 Å². The van der Waals surface area contributed by atoms with Gasteiger partial charge in [-0.25, -0.2) is 0 Å². The van der Waals surface area contributed by atoms with E-state index in [-0.39, 0.29) is 24.0 Å². The highest BCUT2D eigenvalue weighted by Crippen LogP contribution is 2.33. The molecule has 0 radical (unpaired) electrons. The third-order valence-corrected chi connectivity index (χ3v) is 6.88. The molecule has 0 aromatic heterocycles. The van der Waals surface area contributed by atoms with Gasteiger partial charge in [-0.1, -0.05) is 6.07 Å². The van der Waals surface area contributed by atoms with Crippen LogP contribution >= 0.6 is 0 Å². The van der Waals surface area contributed by atoms with Gasteiger partial charge in [0.1, 0.15) is 6.04 Å². The van der Waals surface area contributed by atoms with E-state index in [1.54, 1.807) is 18.2 Å². The smallest absolute Gasteiger partial charge is 0.262 e. The molecule has 1 aromatic rings. The highest BCUT2D eigenvalue weighted by molar-refractivity contribution is 6.23. The Morgan fingerprint density at radius 1 is 1.03 bits per heavy atom. The van der Waals surface area contributed by atoms with Crippen LogP contribution in [0.4, 0.5) is 0 Å². The molecule has 0 spiro atoms. The molecule has 4 aliphatic rings. The summed E-state index contributed by atoms with van der Waals surface area (Å²) in [5, 5.41) is 19.9. The Hall–Kier alpha value is -2.62. The minimum absolute atomic E-state index is 0.0964. The summed E-state index contributed by atoms with van der Waals surface area (Å²) >= 11 is 0. The molecule has 2 unspecified atom stereocenters. The second-order valence-corrected chi connectivity index (χ2v) is 9.20. The predicted octanol–water partition coefficient (Wildman–Crippen LogP) is -0.177. The summed E-state index contributed by atoms with van der Waals surface area (Å²) in [6, 6.07) is 4.86. The molecule has 0 aliphatic carbocycles. The number of hydrogen-bond donors (Lipinski definition) is 4. The van der Waals surface area contributed by atoms with Crippen molar-refractivity contribution in [1.29, 1.82) is 0 Å². The van der Waals surface area contributed by atoms with E-state index in [0.29, 0.717) is 25.2 Å². The third-order valence-electron chi connectivity index (χ3n) is 6.88. The van der Waals surface area contributed by atoms with Crippen LogP contribution < -0.4 is 16.0 Å². The number of fused-ring (bicyclic) bond motifs is 3. The number of benzene rings is 1. The number of piperidine rings is 2. The molecule has 4 aliphatic heterocycles. The lowest BCUT2D eigenvalue weighted by atomic mass is 9.87. The average Bonchev–Trinajstić information content (AvgIpc) is 3.19. The first kappa shape index (κ1) is 20.3. The summed E-state index contributed by atoms with van der Waals surface area (Å²) in [5.74, 6) is -2.02. The summed E-state index contributed by atoms with van der Waals surface area (Å²) < 4.78 is 0. The summed E-state index contributed by atoms with van der Waals surface area (Å²) in [6.45, 7) is 0.923. The van der Waals surface area contributed by atoms with Gasteiger partial charge in [-0.05, 0) is 49.8 Å². The fourth-order valence-corrected chi connectivity index (χ4v) is 5.44. The average molecular weight is 426 g/mol. The maximum absolute atomic E-state index is 12.9. The van der Waals surface area contributed by atoms with Crippen LogP contribution in [-0.4, -0.2) is 63.9 Å². The monoisotopic (exact) mass is 426 g/mol. The molecule has 0 saturated carbocycles. The highest BCUT2D eigenvalue weighted by Gasteiger charge is 2.45. The lowest BCUT2D eigenvalue weighted by Gasteiger charge is -2.37. The van der Waals surface area contributed by atoms with Gasteiger partial charge in [0.2, 0.25) is 11.8 Å². The number of carbonyl (C=O) groups excluding carboxylic acids is 4. The minimum Gasteiger partial charge on any atom is -0.388 e. The quantitative estimate of drug-likeness (QED) is 0.481. The molecular formula is C22H26N4O5.